The van der Waals surface area contributed by atoms with Crippen LogP contribution >= 0.6 is 11.3 Å². The molecule has 3 rings (SSSR count). The van der Waals surface area contributed by atoms with Crippen molar-refractivity contribution in [1.82, 2.24) is 4.90 Å². The first kappa shape index (κ1) is 17.2. The third kappa shape index (κ3) is 3.75. The third-order valence-electron chi connectivity index (χ3n) is 4.08. The first-order chi connectivity index (χ1) is 12.0. The van der Waals surface area contributed by atoms with Gasteiger partial charge in [0, 0.05) is 6.54 Å². The number of primary amides is 1. The third-order valence-corrected chi connectivity index (χ3v) is 4.91. The van der Waals surface area contributed by atoms with E-state index in [9.17, 15) is 9.59 Å². The minimum absolute atomic E-state index is 0.201. The molecule has 1 aliphatic rings. The van der Waals surface area contributed by atoms with E-state index in [-0.39, 0.29) is 12.7 Å². The highest BCUT2D eigenvalue weighted by atomic mass is 32.1. The maximum absolute atomic E-state index is 12.5. The van der Waals surface area contributed by atoms with Gasteiger partial charge in [-0.2, -0.15) is 0 Å². The van der Waals surface area contributed by atoms with Crippen molar-refractivity contribution in [2.24, 2.45) is 5.73 Å². The molecule has 2 aromatic rings. The smallest absolute Gasteiger partial charge is 0.251 e. The van der Waals surface area contributed by atoms with Crippen LogP contribution in [0.15, 0.2) is 29.6 Å². The summed E-state index contributed by atoms with van der Waals surface area (Å²) in [5, 5.41) is 4.96. The van der Waals surface area contributed by atoms with Crippen LogP contribution in [0.3, 0.4) is 0 Å². The Balaban J connectivity index is 1.63. The van der Waals surface area contributed by atoms with Crippen LogP contribution in [0, 0.1) is 0 Å². The second kappa shape index (κ2) is 7.12. The fraction of sp³-hybridized carbons (Fsp3) is 0.294. The summed E-state index contributed by atoms with van der Waals surface area (Å²) in [5.74, 6) is 0.688. The lowest BCUT2D eigenvalue weighted by molar-refractivity contribution is -0.120. The number of nitrogens with two attached hydrogens (primary N) is 1. The molecular weight excluding hydrogens is 342 g/mol. The van der Waals surface area contributed by atoms with Gasteiger partial charge in [-0.15, -0.1) is 11.3 Å². The number of likely N-dealkylation sites (N-methyl/N-ethyl adjacent to an activating group) is 1. The number of benzene rings is 1. The number of anilines is 1. The fourth-order valence-electron chi connectivity index (χ4n) is 2.48. The first-order valence-corrected chi connectivity index (χ1v) is 8.60. The van der Waals surface area contributed by atoms with E-state index in [4.69, 9.17) is 15.2 Å². The number of amides is 2. The molecule has 1 atom stereocenters. The topological polar surface area (TPSA) is 93.9 Å². The standard InChI is InChI=1S/C17H19N3O4S/c1-10(16(22)19-17-12(15(18)21)5-6-25-17)20(2)8-11-3-4-13-14(7-11)24-9-23-13/h3-7,10H,8-9H2,1-2H3,(H2,18,21)(H,19,22). The van der Waals surface area contributed by atoms with Crippen molar-refractivity contribution in [2.45, 2.75) is 19.5 Å². The zero-order valence-corrected chi connectivity index (χ0v) is 14.8. The molecule has 1 aromatic heterocycles. The molecule has 0 spiro atoms. The number of rotatable bonds is 6. The van der Waals surface area contributed by atoms with Gasteiger partial charge in [0.05, 0.1) is 11.6 Å². The van der Waals surface area contributed by atoms with Gasteiger partial charge in [-0.05, 0) is 43.1 Å². The number of carbonyl (C=O) groups is 2. The number of ether oxygens (including phenoxy) is 2. The zero-order chi connectivity index (χ0) is 18.0. The van der Waals surface area contributed by atoms with E-state index >= 15 is 0 Å². The molecule has 0 radical (unpaired) electrons. The second-order valence-electron chi connectivity index (χ2n) is 5.80. The number of nitrogens with one attached hydrogen (secondary N) is 1. The monoisotopic (exact) mass is 361 g/mol. The molecule has 0 aliphatic carbocycles. The van der Waals surface area contributed by atoms with E-state index < -0.39 is 11.9 Å². The minimum atomic E-state index is -0.557. The van der Waals surface area contributed by atoms with Crippen molar-refractivity contribution in [3.63, 3.8) is 0 Å². The molecule has 2 heterocycles. The maximum atomic E-state index is 12.5. The summed E-state index contributed by atoms with van der Waals surface area (Å²) in [7, 11) is 1.86. The molecule has 1 aromatic carbocycles. The molecule has 2 amide bonds. The maximum Gasteiger partial charge on any atom is 0.251 e. The molecule has 0 fully saturated rings. The highest BCUT2D eigenvalue weighted by Gasteiger charge is 2.21. The summed E-state index contributed by atoms with van der Waals surface area (Å²) in [5.41, 5.74) is 6.64. The highest BCUT2D eigenvalue weighted by Crippen LogP contribution is 2.32. The van der Waals surface area contributed by atoms with Crippen molar-refractivity contribution >= 4 is 28.2 Å². The molecule has 25 heavy (non-hydrogen) atoms. The van der Waals surface area contributed by atoms with Crippen LogP contribution in [-0.2, 0) is 11.3 Å². The number of thiophene rings is 1. The van der Waals surface area contributed by atoms with Crippen LogP contribution < -0.4 is 20.5 Å². The van der Waals surface area contributed by atoms with Gasteiger partial charge < -0.3 is 20.5 Å². The molecule has 0 saturated carbocycles. The van der Waals surface area contributed by atoms with E-state index in [0.717, 1.165) is 11.3 Å². The minimum Gasteiger partial charge on any atom is -0.454 e. The molecule has 0 bridgehead atoms. The predicted molar refractivity (Wildman–Crippen MR) is 95.0 cm³/mol. The quantitative estimate of drug-likeness (QED) is 0.821. The van der Waals surface area contributed by atoms with Crippen molar-refractivity contribution in [1.29, 1.82) is 0 Å². The lowest BCUT2D eigenvalue weighted by atomic mass is 10.1. The van der Waals surface area contributed by atoms with Crippen molar-refractivity contribution < 1.29 is 19.1 Å². The van der Waals surface area contributed by atoms with E-state index in [2.05, 4.69) is 5.32 Å². The van der Waals surface area contributed by atoms with Gasteiger partial charge in [-0.3, -0.25) is 14.5 Å². The SMILES string of the molecule is CC(C(=O)Nc1sccc1C(N)=O)N(C)Cc1ccc2c(c1)OCO2. The Morgan fingerprint density at radius 2 is 2.08 bits per heavy atom. The highest BCUT2D eigenvalue weighted by molar-refractivity contribution is 7.14. The molecule has 1 aliphatic heterocycles. The molecule has 3 N–H and O–H groups in total. The Labute approximate surface area is 149 Å². The van der Waals surface area contributed by atoms with Crippen LogP contribution in [-0.4, -0.2) is 36.6 Å². The van der Waals surface area contributed by atoms with Crippen LogP contribution in [0.5, 0.6) is 11.5 Å². The lowest BCUT2D eigenvalue weighted by Gasteiger charge is -2.24. The van der Waals surface area contributed by atoms with Gasteiger partial charge in [0.2, 0.25) is 12.7 Å². The molecule has 0 saturated heterocycles. The van der Waals surface area contributed by atoms with Crippen molar-refractivity contribution in [2.75, 3.05) is 19.2 Å². The van der Waals surface area contributed by atoms with Gasteiger partial charge in [0.25, 0.3) is 5.91 Å². The summed E-state index contributed by atoms with van der Waals surface area (Å²) in [6.45, 7) is 2.61. The zero-order valence-electron chi connectivity index (χ0n) is 13.9. The average Bonchev–Trinajstić information content (AvgIpc) is 3.22. The van der Waals surface area contributed by atoms with Gasteiger partial charge in [0.1, 0.15) is 5.00 Å². The lowest BCUT2D eigenvalue weighted by Crippen LogP contribution is -2.39. The van der Waals surface area contributed by atoms with Gasteiger partial charge in [-0.1, -0.05) is 6.07 Å². The number of nitrogens with zero attached hydrogens (tertiary/aromatic N) is 1. The first-order valence-electron chi connectivity index (χ1n) is 7.72. The fourth-order valence-corrected chi connectivity index (χ4v) is 3.28. The van der Waals surface area contributed by atoms with Gasteiger partial charge in [-0.25, -0.2) is 0 Å². The van der Waals surface area contributed by atoms with Crippen molar-refractivity contribution in [3.8, 4) is 11.5 Å². The van der Waals surface area contributed by atoms with Crippen LogP contribution in [0.1, 0.15) is 22.8 Å². The van der Waals surface area contributed by atoms with Crippen molar-refractivity contribution in [3.05, 3.63) is 40.8 Å². The van der Waals surface area contributed by atoms with Gasteiger partial charge in [0.15, 0.2) is 11.5 Å². The largest absolute Gasteiger partial charge is 0.454 e. The van der Waals surface area contributed by atoms with Gasteiger partial charge >= 0.3 is 0 Å². The summed E-state index contributed by atoms with van der Waals surface area (Å²) < 4.78 is 10.7. The van der Waals surface area contributed by atoms with E-state index in [1.165, 1.54) is 11.3 Å². The van der Waals surface area contributed by atoms with Crippen LogP contribution in [0.2, 0.25) is 0 Å². The molecular formula is C17H19N3O4S. The summed E-state index contributed by atoms with van der Waals surface area (Å²) in [6.07, 6.45) is 0. The Hall–Kier alpha value is -2.58. The Morgan fingerprint density at radius 3 is 2.84 bits per heavy atom. The molecule has 1 unspecified atom stereocenters. The molecule has 7 nitrogen and oxygen atoms in total. The normalized spacial score (nSPS) is 13.7. The number of carbonyl (C=O) groups excluding carboxylic acids is 2. The summed E-state index contributed by atoms with van der Waals surface area (Å²) in [6, 6.07) is 6.92. The summed E-state index contributed by atoms with van der Waals surface area (Å²) in [4.78, 5) is 25.7. The summed E-state index contributed by atoms with van der Waals surface area (Å²) >= 11 is 1.27. The van der Waals surface area contributed by atoms with Crippen LogP contribution in [0.25, 0.3) is 0 Å². The molecule has 132 valence electrons. The number of hydrogen-bond acceptors (Lipinski definition) is 6. The van der Waals surface area contributed by atoms with E-state index in [1.54, 1.807) is 18.4 Å². The second-order valence-corrected chi connectivity index (χ2v) is 6.71. The predicted octanol–water partition coefficient (Wildman–Crippen LogP) is 2.03. The average molecular weight is 361 g/mol. The van der Waals surface area contributed by atoms with Crippen LogP contribution in [0.4, 0.5) is 5.00 Å². The Kier molecular flexibility index (Phi) is 4.91. The molecule has 8 heteroatoms. The van der Waals surface area contributed by atoms with E-state index in [1.807, 2.05) is 30.1 Å². The van der Waals surface area contributed by atoms with E-state index in [0.29, 0.717) is 22.9 Å². The number of fused-ring (bicyclic) bond motifs is 1. The Morgan fingerprint density at radius 1 is 1.32 bits per heavy atom. The number of hydrogen-bond donors (Lipinski definition) is 2. The Bertz CT molecular complexity index is 805.